The minimum Gasteiger partial charge on any atom is -0.404 e. The quantitative estimate of drug-likeness (QED) is 0.763. The smallest absolute Gasteiger partial charge is 0.404 e. The molecule has 0 saturated carbocycles. The summed E-state index contributed by atoms with van der Waals surface area (Å²) in [5, 5.41) is 1.19. The zero-order valence-electron chi connectivity index (χ0n) is 8.07. The summed E-state index contributed by atoms with van der Waals surface area (Å²) in [6.07, 6.45) is 1.99. The van der Waals surface area contributed by atoms with Gasteiger partial charge in [-0.3, -0.25) is 0 Å². The largest absolute Gasteiger partial charge is 0.494 e. The molecule has 6 heteroatoms. The van der Waals surface area contributed by atoms with E-state index in [1.165, 1.54) is 0 Å². The number of halogens is 2. The van der Waals surface area contributed by atoms with E-state index in [0.29, 0.717) is 16.7 Å². The minimum atomic E-state index is -0.348. The van der Waals surface area contributed by atoms with E-state index >= 15 is 0 Å². The van der Waals surface area contributed by atoms with Gasteiger partial charge in [0.05, 0.1) is 6.61 Å². The molecule has 1 aromatic carbocycles. The molecule has 0 aromatic heterocycles. The van der Waals surface area contributed by atoms with Gasteiger partial charge in [0.15, 0.2) is 0 Å². The molecular weight excluding hydrogens is 254 g/mol. The van der Waals surface area contributed by atoms with Crippen LogP contribution in [0, 0.1) is 0 Å². The number of hydrogen-bond donors (Lipinski definition) is 0. The fourth-order valence-electron chi connectivity index (χ4n) is 1.39. The van der Waals surface area contributed by atoms with Crippen molar-refractivity contribution in [3.8, 4) is 0 Å². The topological polar surface area (TPSA) is 18.5 Å². The van der Waals surface area contributed by atoms with Crippen LogP contribution < -0.4 is 5.46 Å². The van der Waals surface area contributed by atoms with E-state index in [4.69, 9.17) is 32.5 Å². The molecule has 0 spiro atoms. The summed E-state index contributed by atoms with van der Waals surface area (Å²) in [6.45, 7) is 0.593. The van der Waals surface area contributed by atoms with Crippen molar-refractivity contribution in [2.24, 2.45) is 0 Å². The predicted molar refractivity (Wildman–Crippen MR) is 66.2 cm³/mol. The normalized spacial score (nSPS) is 21.0. The van der Waals surface area contributed by atoms with E-state index in [0.717, 1.165) is 5.46 Å². The lowest BCUT2D eigenvalue weighted by Crippen LogP contribution is -2.32. The molecular formula is C9H9BCl2O2S. The van der Waals surface area contributed by atoms with Gasteiger partial charge in [0.1, 0.15) is 5.44 Å². The van der Waals surface area contributed by atoms with E-state index in [-0.39, 0.29) is 12.6 Å². The highest BCUT2D eigenvalue weighted by molar-refractivity contribution is 7.99. The highest BCUT2D eigenvalue weighted by Crippen LogP contribution is 2.20. The van der Waals surface area contributed by atoms with Gasteiger partial charge in [-0.05, 0) is 29.9 Å². The van der Waals surface area contributed by atoms with Crippen molar-refractivity contribution in [3.63, 3.8) is 0 Å². The van der Waals surface area contributed by atoms with Crippen LogP contribution in [0.5, 0.6) is 0 Å². The Balaban J connectivity index is 2.16. The van der Waals surface area contributed by atoms with Gasteiger partial charge in [-0.1, -0.05) is 23.2 Å². The zero-order valence-corrected chi connectivity index (χ0v) is 10.4. The lowest BCUT2D eigenvalue weighted by molar-refractivity contribution is 0.331. The molecule has 1 aliphatic rings. The van der Waals surface area contributed by atoms with Crippen LogP contribution in [-0.2, 0) is 9.31 Å². The minimum absolute atomic E-state index is 0.0905. The number of hydrogen-bond acceptors (Lipinski definition) is 3. The SMILES string of the molecule is CSC1COB(c2cc(Cl)cc(Cl)c2)O1. The van der Waals surface area contributed by atoms with Crippen LogP contribution in [0.15, 0.2) is 18.2 Å². The van der Waals surface area contributed by atoms with Gasteiger partial charge in [-0.15, -0.1) is 11.8 Å². The lowest BCUT2D eigenvalue weighted by Gasteiger charge is -2.07. The second-order valence-electron chi connectivity index (χ2n) is 3.17. The van der Waals surface area contributed by atoms with Gasteiger partial charge in [-0.2, -0.15) is 0 Å². The summed E-state index contributed by atoms with van der Waals surface area (Å²) in [5.41, 5.74) is 0.955. The standard InChI is InChI=1S/C9H9BCl2O2S/c1-15-9-5-13-10(14-9)6-2-7(11)4-8(12)3-6/h2-4,9H,5H2,1H3. The van der Waals surface area contributed by atoms with Crippen molar-refractivity contribution in [2.75, 3.05) is 12.9 Å². The lowest BCUT2D eigenvalue weighted by atomic mass is 9.79. The summed E-state index contributed by atoms with van der Waals surface area (Å²) < 4.78 is 11.1. The molecule has 80 valence electrons. The Bertz CT molecular complexity index is 344. The van der Waals surface area contributed by atoms with Gasteiger partial charge < -0.3 is 9.31 Å². The molecule has 0 amide bonds. The Labute approximate surface area is 103 Å². The van der Waals surface area contributed by atoms with Crippen LogP contribution in [-0.4, -0.2) is 25.4 Å². The van der Waals surface area contributed by atoms with Crippen molar-refractivity contribution in [2.45, 2.75) is 5.44 Å². The Morgan fingerprint density at radius 1 is 1.33 bits per heavy atom. The Morgan fingerprint density at radius 3 is 2.53 bits per heavy atom. The first-order valence-corrected chi connectivity index (χ1v) is 6.49. The molecule has 1 heterocycles. The van der Waals surface area contributed by atoms with Crippen LogP contribution in [0.25, 0.3) is 0 Å². The maximum Gasteiger partial charge on any atom is 0.494 e. The van der Waals surface area contributed by atoms with Crippen LogP contribution in [0.4, 0.5) is 0 Å². The maximum absolute atomic E-state index is 5.90. The molecule has 1 saturated heterocycles. The van der Waals surface area contributed by atoms with Crippen molar-refractivity contribution >= 4 is 47.5 Å². The van der Waals surface area contributed by atoms with Crippen LogP contribution >= 0.6 is 35.0 Å². The average Bonchev–Trinajstić information content (AvgIpc) is 2.64. The van der Waals surface area contributed by atoms with Gasteiger partial charge >= 0.3 is 7.12 Å². The van der Waals surface area contributed by atoms with E-state index in [2.05, 4.69) is 0 Å². The Morgan fingerprint density at radius 2 is 2.00 bits per heavy atom. The molecule has 1 aromatic rings. The molecule has 1 fully saturated rings. The Kier molecular flexibility index (Phi) is 3.85. The third-order valence-electron chi connectivity index (χ3n) is 2.08. The van der Waals surface area contributed by atoms with Crippen LogP contribution in [0.3, 0.4) is 0 Å². The van der Waals surface area contributed by atoms with Crippen molar-refractivity contribution in [1.82, 2.24) is 0 Å². The van der Waals surface area contributed by atoms with E-state index < -0.39 is 0 Å². The summed E-state index contributed by atoms with van der Waals surface area (Å²) in [5.74, 6) is 0. The summed E-state index contributed by atoms with van der Waals surface area (Å²) in [6, 6.07) is 5.30. The molecule has 2 nitrogen and oxygen atoms in total. The summed E-state index contributed by atoms with van der Waals surface area (Å²) in [7, 11) is -0.348. The van der Waals surface area contributed by atoms with E-state index in [1.807, 2.05) is 6.26 Å². The van der Waals surface area contributed by atoms with Gasteiger partial charge in [-0.25, -0.2) is 0 Å². The monoisotopic (exact) mass is 262 g/mol. The molecule has 2 rings (SSSR count). The molecule has 15 heavy (non-hydrogen) atoms. The second kappa shape index (κ2) is 4.98. The van der Waals surface area contributed by atoms with E-state index in [9.17, 15) is 0 Å². The fourth-order valence-corrected chi connectivity index (χ4v) is 2.36. The number of benzene rings is 1. The number of rotatable bonds is 2. The third-order valence-corrected chi connectivity index (χ3v) is 3.29. The first-order valence-electron chi connectivity index (χ1n) is 4.45. The average molecular weight is 263 g/mol. The summed E-state index contributed by atoms with van der Waals surface area (Å²) >= 11 is 13.4. The van der Waals surface area contributed by atoms with Gasteiger partial charge in [0.25, 0.3) is 0 Å². The molecule has 0 N–H and O–H groups in total. The highest BCUT2D eigenvalue weighted by Gasteiger charge is 2.32. The molecule has 1 atom stereocenters. The molecule has 0 radical (unpaired) electrons. The molecule has 1 unspecified atom stereocenters. The fraction of sp³-hybridized carbons (Fsp3) is 0.333. The summed E-state index contributed by atoms with van der Waals surface area (Å²) in [4.78, 5) is 0. The molecule has 0 aliphatic carbocycles. The van der Waals surface area contributed by atoms with Crippen LogP contribution in [0.1, 0.15) is 0 Å². The first-order chi connectivity index (χ1) is 7.19. The molecule has 1 aliphatic heterocycles. The third kappa shape index (κ3) is 2.83. The highest BCUT2D eigenvalue weighted by atomic mass is 35.5. The van der Waals surface area contributed by atoms with Gasteiger partial charge in [0, 0.05) is 10.0 Å². The predicted octanol–water partition coefficient (Wildman–Crippen LogP) is 2.42. The van der Waals surface area contributed by atoms with Gasteiger partial charge in [0.2, 0.25) is 0 Å². The number of thioether (sulfide) groups is 1. The first kappa shape index (κ1) is 11.6. The zero-order chi connectivity index (χ0) is 10.8. The Hall–Kier alpha value is 0.135. The van der Waals surface area contributed by atoms with Crippen molar-refractivity contribution in [1.29, 1.82) is 0 Å². The van der Waals surface area contributed by atoms with Crippen molar-refractivity contribution in [3.05, 3.63) is 28.2 Å². The maximum atomic E-state index is 5.90. The second-order valence-corrected chi connectivity index (χ2v) is 5.04. The molecule has 0 bridgehead atoms. The van der Waals surface area contributed by atoms with E-state index in [1.54, 1.807) is 30.0 Å². The van der Waals surface area contributed by atoms with Crippen LogP contribution in [0.2, 0.25) is 10.0 Å². The van der Waals surface area contributed by atoms with Crippen molar-refractivity contribution < 1.29 is 9.31 Å².